The largest absolute Gasteiger partial charge is 0.493 e. The number of ether oxygens (including phenoxy) is 2. The molecule has 0 unspecified atom stereocenters. The lowest BCUT2D eigenvalue weighted by molar-refractivity contribution is -0.385. The second kappa shape index (κ2) is 11.2. The van der Waals surface area contributed by atoms with E-state index in [1.807, 2.05) is 0 Å². The van der Waals surface area contributed by atoms with E-state index in [9.17, 15) is 32.9 Å². The van der Waals surface area contributed by atoms with Crippen LogP contribution in [0, 0.1) is 10.1 Å². The molecule has 1 fully saturated rings. The molecule has 1 aliphatic heterocycles. The van der Waals surface area contributed by atoms with Crippen molar-refractivity contribution in [2.75, 3.05) is 7.11 Å². The average Bonchev–Trinajstić information content (AvgIpc) is 3.13. The van der Waals surface area contributed by atoms with Crippen molar-refractivity contribution in [2.45, 2.75) is 12.7 Å². The number of hydrogen-bond acceptors (Lipinski definition) is 7. The SMILES string of the molecule is COc1cc(/C=C2\SC(=O)N(Cc3ccc(Cl)c(Cl)c3)C2=O)ccc1Oc1ccc(C(F)(F)F)cc1[N+](=O)[O-]. The van der Waals surface area contributed by atoms with Crippen molar-refractivity contribution < 1.29 is 37.2 Å². The standard InChI is InChI=1S/C25H15Cl2F3N2O6S/c1-37-21-9-13(3-6-20(21)38-19-7-4-15(25(28,29)30)11-18(19)32(35)36)10-22-23(33)31(24(34)39-22)12-14-2-5-16(26)17(27)8-14/h2-11H,12H2,1H3/b22-10-. The quantitative estimate of drug-likeness (QED) is 0.154. The predicted octanol–water partition coefficient (Wildman–Crippen LogP) is 7.96. The van der Waals surface area contributed by atoms with Crippen LogP contribution in [0.3, 0.4) is 0 Å². The molecule has 39 heavy (non-hydrogen) atoms. The third kappa shape index (κ3) is 6.29. The summed E-state index contributed by atoms with van der Waals surface area (Å²) in [7, 11) is 1.29. The molecule has 0 aliphatic carbocycles. The van der Waals surface area contributed by atoms with Crippen LogP contribution >= 0.6 is 35.0 Å². The van der Waals surface area contributed by atoms with Crippen molar-refractivity contribution in [2.24, 2.45) is 0 Å². The molecule has 8 nitrogen and oxygen atoms in total. The highest BCUT2D eigenvalue weighted by Gasteiger charge is 2.35. The molecule has 14 heteroatoms. The highest BCUT2D eigenvalue weighted by Crippen LogP contribution is 2.41. The van der Waals surface area contributed by atoms with E-state index in [1.165, 1.54) is 31.4 Å². The topological polar surface area (TPSA) is 99.0 Å². The molecule has 1 aliphatic rings. The number of nitro benzene ring substituents is 1. The monoisotopic (exact) mass is 598 g/mol. The molecule has 0 N–H and O–H groups in total. The number of alkyl halides is 3. The van der Waals surface area contributed by atoms with Gasteiger partial charge in [-0.2, -0.15) is 13.2 Å². The molecule has 0 saturated carbocycles. The Morgan fingerprint density at radius 2 is 1.72 bits per heavy atom. The molecule has 0 atom stereocenters. The summed E-state index contributed by atoms with van der Waals surface area (Å²) >= 11 is 12.7. The van der Waals surface area contributed by atoms with E-state index in [4.69, 9.17) is 32.7 Å². The number of hydrogen-bond donors (Lipinski definition) is 0. The van der Waals surface area contributed by atoms with Gasteiger partial charge in [-0.1, -0.05) is 35.3 Å². The summed E-state index contributed by atoms with van der Waals surface area (Å²) in [6.45, 7) is -0.0130. The van der Waals surface area contributed by atoms with Crippen LogP contribution in [-0.2, 0) is 17.5 Å². The minimum Gasteiger partial charge on any atom is -0.493 e. The number of nitro groups is 1. The van der Waals surface area contributed by atoms with Gasteiger partial charge >= 0.3 is 11.9 Å². The molecular weight excluding hydrogens is 584 g/mol. The molecule has 202 valence electrons. The van der Waals surface area contributed by atoms with Gasteiger partial charge in [-0.15, -0.1) is 0 Å². The van der Waals surface area contributed by atoms with E-state index in [2.05, 4.69) is 0 Å². The first-order chi connectivity index (χ1) is 18.4. The normalized spacial score (nSPS) is 14.7. The summed E-state index contributed by atoms with van der Waals surface area (Å²) < 4.78 is 49.7. The number of carbonyl (C=O) groups is 2. The molecule has 0 spiro atoms. The summed E-state index contributed by atoms with van der Waals surface area (Å²) in [6, 6.07) is 10.9. The van der Waals surface area contributed by atoms with Crippen molar-refractivity contribution in [1.82, 2.24) is 4.90 Å². The smallest absolute Gasteiger partial charge is 0.416 e. The average molecular weight is 599 g/mol. The maximum Gasteiger partial charge on any atom is 0.416 e. The number of nitrogens with zero attached hydrogens (tertiary/aromatic N) is 2. The lowest BCUT2D eigenvalue weighted by Crippen LogP contribution is -2.27. The molecule has 0 bridgehead atoms. The number of rotatable bonds is 7. The third-order valence-electron chi connectivity index (χ3n) is 5.39. The van der Waals surface area contributed by atoms with E-state index < -0.39 is 39.2 Å². The van der Waals surface area contributed by atoms with Gasteiger partial charge in [0, 0.05) is 6.07 Å². The number of amides is 2. The lowest BCUT2D eigenvalue weighted by Gasteiger charge is -2.13. The molecule has 1 saturated heterocycles. The number of benzene rings is 3. The van der Waals surface area contributed by atoms with Crippen LogP contribution in [0.1, 0.15) is 16.7 Å². The van der Waals surface area contributed by atoms with Gasteiger partial charge in [-0.25, -0.2) is 0 Å². The van der Waals surface area contributed by atoms with E-state index in [0.29, 0.717) is 28.3 Å². The summed E-state index contributed by atoms with van der Waals surface area (Å²) in [5, 5.41) is 11.5. The Balaban J connectivity index is 1.57. The minimum atomic E-state index is -4.77. The molecule has 3 aromatic rings. The lowest BCUT2D eigenvalue weighted by atomic mass is 10.1. The van der Waals surface area contributed by atoms with E-state index in [0.717, 1.165) is 22.7 Å². The van der Waals surface area contributed by atoms with Crippen molar-refractivity contribution >= 4 is 57.9 Å². The molecular formula is C25H15Cl2F3N2O6S. The predicted molar refractivity (Wildman–Crippen MR) is 139 cm³/mol. The van der Waals surface area contributed by atoms with Gasteiger partial charge in [0.05, 0.1) is 39.1 Å². The van der Waals surface area contributed by atoms with E-state index in [1.54, 1.807) is 18.2 Å². The summed E-state index contributed by atoms with van der Waals surface area (Å²) in [5.41, 5.74) is -1.04. The number of imide groups is 1. The van der Waals surface area contributed by atoms with Gasteiger partial charge in [0.15, 0.2) is 11.5 Å². The Labute approximate surface area is 233 Å². The highest BCUT2D eigenvalue weighted by molar-refractivity contribution is 8.18. The van der Waals surface area contributed by atoms with Gasteiger partial charge in [0.2, 0.25) is 5.75 Å². The Kier molecular flexibility index (Phi) is 8.09. The number of carbonyl (C=O) groups excluding carboxylic acids is 2. The molecule has 2 amide bonds. The zero-order chi connectivity index (χ0) is 28.5. The Hall–Kier alpha value is -3.74. The van der Waals surface area contributed by atoms with Crippen LogP contribution in [0.25, 0.3) is 6.08 Å². The van der Waals surface area contributed by atoms with E-state index >= 15 is 0 Å². The van der Waals surface area contributed by atoms with Crippen LogP contribution < -0.4 is 9.47 Å². The number of methoxy groups -OCH3 is 1. The molecule has 0 radical (unpaired) electrons. The van der Waals surface area contributed by atoms with Crippen molar-refractivity contribution in [3.8, 4) is 17.2 Å². The minimum absolute atomic E-state index is 0.0130. The molecule has 3 aromatic carbocycles. The maximum absolute atomic E-state index is 13.0. The maximum atomic E-state index is 13.0. The van der Waals surface area contributed by atoms with Gasteiger partial charge < -0.3 is 9.47 Å². The summed E-state index contributed by atoms with van der Waals surface area (Å²) in [6.07, 6.45) is -3.32. The van der Waals surface area contributed by atoms with Crippen LogP contribution in [0.15, 0.2) is 59.5 Å². The van der Waals surface area contributed by atoms with Gasteiger partial charge in [-0.05, 0) is 65.4 Å². The molecule has 4 rings (SSSR count). The first-order valence-corrected chi connectivity index (χ1v) is 12.4. The fourth-order valence-electron chi connectivity index (χ4n) is 3.51. The van der Waals surface area contributed by atoms with Crippen LogP contribution in [0.4, 0.5) is 23.7 Å². The Morgan fingerprint density at radius 1 is 1.00 bits per heavy atom. The number of thioether (sulfide) groups is 1. The summed E-state index contributed by atoms with van der Waals surface area (Å²) in [4.78, 5) is 37.0. The Bertz CT molecular complexity index is 1530. The van der Waals surface area contributed by atoms with Crippen molar-refractivity contribution in [3.05, 3.63) is 96.4 Å². The molecule has 1 heterocycles. The van der Waals surface area contributed by atoms with Gasteiger partial charge in [0.25, 0.3) is 11.1 Å². The summed E-state index contributed by atoms with van der Waals surface area (Å²) in [5.74, 6) is -0.906. The van der Waals surface area contributed by atoms with Gasteiger partial charge in [-0.3, -0.25) is 24.6 Å². The Morgan fingerprint density at radius 3 is 2.36 bits per heavy atom. The second-order valence-electron chi connectivity index (χ2n) is 7.97. The van der Waals surface area contributed by atoms with Crippen molar-refractivity contribution in [1.29, 1.82) is 0 Å². The zero-order valence-corrected chi connectivity index (χ0v) is 22.0. The van der Waals surface area contributed by atoms with Crippen LogP contribution in [0.2, 0.25) is 10.0 Å². The van der Waals surface area contributed by atoms with Crippen LogP contribution in [-0.4, -0.2) is 28.1 Å². The second-order valence-corrected chi connectivity index (χ2v) is 9.77. The number of halogens is 5. The fourth-order valence-corrected chi connectivity index (χ4v) is 4.67. The zero-order valence-electron chi connectivity index (χ0n) is 19.6. The third-order valence-corrected chi connectivity index (χ3v) is 7.03. The van der Waals surface area contributed by atoms with Gasteiger partial charge in [0.1, 0.15) is 0 Å². The first kappa shape index (κ1) is 28.3. The highest BCUT2D eigenvalue weighted by atomic mass is 35.5. The van der Waals surface area contributed by atoms with Crippen molar-refractivity contribution in [3.63, 3.8) is 0 Å². The van der Waals surface area contributed by atoms with Crippen LogP contribution in [0.5, 0.6) is 17.2 Å². The van der Waals surface area contributed by atoms with E-state index in [-0.39, 0.29) is 28.0 Å². The molecule has 0 aromatic heterocycles. The first-order valence-electron chi connectivity index (χ1n) is 10.8. The fraction of sp³-hybridized carbons (Fsp3) is 0.120.